The molecule has 0 saturated carbocycles. The van der Waals surface area contributed by atoms with Crippen LogP contribution < -0.4 is 5.32 Å². The number of benzene rings is 2. The van der Waals surface area contributed by atoms with Crippen molar-refractivity contribution in [2.75, 3.05) is 6.54 Å². The second kappa shape index (κ2) is 7.19. The molecule has 4 nitrogen and oxygen atoms in total. The van der Waals surface area contributed by atoms with Crippen molar-refractivity contribution in [2.45, 2.75) is 6.61 Å². The Morgan fingerprint density at radius 3 is 2.38 bits per heavy atom. The molecule has 0 aromatic heterocycles. The van der Waals surface area contributed by atoms with Gasteiger partial charge in [-0.2, -0.15) is 0 Å². The molecule has 0 bridgehead atoms. The van der Waals surface area contributed by atoms with Gasteiger partial charge in [0.2, 0.25) is 0 Å². The Hall–Kier alpha value is -2.69. The minimum Gasteiger partial charge on any atom is -0.460 e. The first-order valence-corrected chi connectivity index (χ1v) is 6.39. The van der Waals surface area contributed by atoms with Crippen molar-refractivity contribution in [1.29, 1.82) is 0 Å². The zero-order valence-corrected chi connectivity index (χ0v) is 11.2. The third-order valence-electron chi connectivity index (χ3n) is 2.75. The number of ether oxygens (including phenoxy) is 1. The maximum absolute atomic E-state index is 13.4. The molecule has 1 N–H and O–H groups in total. The summed E-state index contributed by atoms with van der Waals surface area (Å²) in [6.07, 6.45) is 0. The maximum atomic E-state index is 13.4. The van der Waals surface area contributed by atoms with Crippen LogP contribution in [-0.2, 0) is 16.1 Å². The monoisotopic (exact) mass is 287 g/mol. The number of carbonyl (C=O) groups excluding carboxylic acids is 2. The van der Waals surface area contributed by atoms with E-state index in [9.17, 15) is 14.0 Å². The Morgan fingerprint density at radius 1 is 1.00 bits per heavy atom. The molecule has 21 heavy (non-hydrogen) atoms. The lowest BCUT2D eigenvalue weighted by Gasteiger charge is -2.07. The average molecular weight is 287 g/mol. The molecular formula is C16H14FNO3. The topological polar surface area (TPSA) is 55.4 Å². The lowest BCUT2D eigenvalue weighted by atomic mass is 10.2. The summed E-state index contributed by atoms with van der Waals surface area (Å²) in [6, 6.07) is 14.7. The highest BCUT2D eigenvalue weighted by atomic mass is 19.1. The SMILES string of the molecule is O=C(CNC(=O)c1ccccc1F)OCc1ccccc1. The molecule has 0 saturated heterocycles. The Labute approximate surface area is 121 Å². The maximum Gasteiger partial charge on any atom is 0.325 e. The van der Waals surface area contributed by atoms with Crippen molar-refractivity contribution in [2.24, 2.45) is 0 Å². The number of halogens is 1. The minimum absolute atomic E-state index is 0.103. The molecule has 108 valence electrons. The predicted molar refractivity (Wildman–Crippen MR) is 75.0 cm³/mol. The highest BCUT2D eigenvalue weighted by Gasteiger charge is 2.12. The van der Waals surface area contributed by atoms with Gasteiger partial charge in [0, 0.05) is 0 Å². The minimum atomic E-state index is -0.648. The molecule has 0 fully saturated rings. The van der Waals surface area contributed by atoms with Crippen molar-refractivity contribution in [3.8, 4) is 0 Å². The number of hydrogen-bond acceptors (Lipinski definition) is 3. The second-order valence-corrected chi connectivity index (χ2v) is 4.31. The van der Waals surface area contributed by atoms with E-state index in [1.165, 1.54) is 18.2 Å². The van der Waals surface area contributed by atoms with E-state index >= 15 is 0 Å². The smallest absolute Gasteiger partial charge is 0.325 e. The fraction of sp³-hybridized carbons (Fsp3) is 0.125. The molecule has 0 radical (unpaired) electrons. The summed E-state index contributed by atoms with van der Waals surface area (Å²) >= 11 is 0. The lowest BCUT2D eigenvalue weighted by molar-refractivity contribution is -0.143. The first-order chi connectivity index (χ1) is 10.2. The van der Waals surface area contributed by atoms with Gasteiger partial charge in [-0.25, -0.2) is 4.39 Å². The number of amides is 1. The normalized spacial score (nSPS) is 9.95. The van der Waals surface area contributed by atoms with Crippen LogP contribution in [0.2, 0.25) is 0 Å². The number of esters is 1. The van der Waals surface area contributed by atoms with Crippen molar-refractivity contribution < 1.29 is 18.7 Å². The number of rotatable bonds is 5. The summed E-state index contributed by atoms with van der Waals surface area (Å²) in [7, 11) is 0. The molecule has 0 spiro atoms. The number of hydrogen-bond donors (Lipinski definition) is 1. The van der Waals surface area contributed by atoms with E-state index in [2.05, 4.69) is 5.32 Å². The Bertz CT molecular complexity index is 628. The molecule has 0 heterocycles. The van der Waals surface area contributed by atoms with E-state index < -0.39 is 17.7 Å². The zero-order chi connectivity index (χ0) is 15.1. The molecule has 2 aromatic carbocycles. The Kier molecular flexibility index (Phi) is 5.04. The van der Waals surface area contributed by atoms with Gasteiger partial charge >= 0.3 is 5.97 Å². The number of carbonyl (C=O) groups is 2. The van der Waals surface area contributed by atoms with E-state index in [1.54, 1.807) is 6.07 Å². The molecule has 0 unspecified atom stereocenters. The standard InChI is InChI=1S/C16H14FNO3/c17-14-9-5-4-8-13(14)16(20)18-10-15(19)21-11-12-6-2-1-3-7-12/h1-9H,10-11H2,(H,18,20). The van der Waals surface area contributed by atoms with Crippen molar-refractivity contribution >= 4 is 11.9 Å². The summed E-state index contributed by atoms with van der Waals surface area (Å²) in [5.41, 5.74) is 0.750. The molecular weight excluding hydrogens is 273 g/mol. The third kappa shape index (κ3) is 4.42. The molecule has 0 atom stereocenters. The van der Waals surface area contributed by atoms with Crippen molar-refractivity contribution in [3.63, 3.8) is 0 Å². The quantitative estimate of drug-likeness (QED) is 0.858. The second-order valence-electron chi connectivity index (χ2n) is 4.31. The van der Waals surface area contributed by atoms with E-state index in [1.807, 2.05) is 30.3 Å². The summed E-state index contributed by atoms with van der Waals surface area (Å²) < 4.78 is 18.4. The molecule has 0 aliphatic carbocycles. The largest absolute Gasteiger partial charge is 0.460 e. The Balaban J connectivity index is 1.79. The van der Waals surface area contributed by atoms with Crippen LogP contribution in [0.25, 0.3) is 0 Å². The van der Waals surface area contributed by atoms with E-state index in [0.717, 1.165) is 5.56 Å². The van der Waals surface area contributed by atoms with Gasteiger partial charge in [-0.3, -0.25) is 9.59 Å². The predicted octanol–water partition coefficient (Wildman–Crippen LogP) is 2.30. The first kappa shape index (κ1) is 14.7. The van der Waals surface area contributed by atoms with E-state index in [-0.39, 0.29) is 18.7 Å². The van der Waals surface area contributed by atoms with Crippen LogP contribution in [0.4, 0.5) is 4.39 Å². The zero-order valence-electron chi connectivity index (χ0n) is 11.2. The summed E-state index contributed by atoms with van der Waals surface area (Å²) in [5.74, 6) is -1.86. The van der Waals surface area contributed by atoms with Crippen molar-refractivity contribution in [1.82, 2.24) is 5.32 Å². The Morgan fingerprint density at radius 2 is 1.67 bits per heavy atom. The van der Waals surface area contributed by atoms with Crippen LogP contribution in [0, 0.1) is 5.82 Å². The van der Waals surface area contributed by atoms with Gasteiger partial charge in [0.25, 0.3) is 5.91 Å². The molecule has 0 aliphatic heterocycles. The van der Waals surface area contributed by atoms with Gasteiger partial charge in [0.1, 0.15) is 19.0 Å². The van der Waals surface area contributed by atoms with Crippen LogP contribution in [0.1, 0.15) is 15.9 Å². The third-order valence-corrected chi connectivity index (χ3v) is 2.75. The van der Waals surface area contributed by atoms with Gasteiger partial charge in [-0.1, -0.05) is 42.5 Å². The van der Waals surface area contributed by atoms with Gasteiger partial charge < -0.3 is 10.1 Å². The van der Waals surface area contributed by atoms with Gasteiger partial charge in [0.05, 0.1) is 5.56 Å². The lowest BCUT2D eigenvalue weighted by Crippen LogP contribution is -2.31. The summed E-state index contributed by atoms with van der Waals surface area (Å²) in [5, 5.41) is 2.32. The summed E-state index contributed by atoms with van der Waals surface area (Å²) in [4.78, 5) is 23.2. The average Bonchev–Trinajstić information content (AvgIpc) is 2.52. The van der Waals surface area contributed by atoms with Crippen LogP contribution in [0.3, 0.4) is 0 Å². The fourth-order valence-electron chi connectivity index (χ4n) is 1.68. The first-order valence-electron chi connectivity index (χ1n) is 6.39. The molecule has 2 rings (SSSR count). The molecule has 2 aromatic rings. The molecule has 1 amide bonds. The molecule has 0 aliphatic rings. The number of nitrogens with one attached hydrogen (secondary N) is 1. The van der Waals surface area contributed by atoms with Gasteiger partial charge in [0.15, 0.2) is 0 Å². The van der Waals surface area contributed by atoms with Crippen LogP contribution in [-0.4, -0.2) is 18.4 Å². The van der Waals surface area contributed by atoms with Crippen molar-refractivity contribution in [3.05, 3.63) is 71.5 Å². The van der Waals surface area contributed by atoms with Crippen LogP contribution in [0.15, 0.2) is 54.6 Å². The van der Waals surface area contributed by atoms with E-state index in [4.69, 9.17) is 4.74 Å². The van der Waals surface area contributed by atoms with Crippen LogP contribution in [0.5, 0.6) is 0 Å². The van der Waals surface area contributed by atoms with Gasteiger partial charge in [-0.05, 0) is 17.7 Å². The van der Waals surface area contributed by atoms with Gasteiger partial charge in [-0.15, -0.1) is 0 Å². The highest BCUT2D eigenvalue weighted by Crippen LogP contribution is 2.05. The molecule has 5 heteroatoms. The van der Waals surface area contributed by atoms with Crippen LogP contribution >= 0.6 is 0 Å². The van der Waals surface area contributed by atoms with E-state index in [0.29, 0.717) is 0 Å². The highest BCUT2D eigenvalue weighted by molar-refractivity contribution is 5.96. The fourth-order valence-corrected chi connectivity index (χ4v) is 1.68. The summed E-state index contributed by atoms with van der Waals surface area (Å²) in [6.45, 7) is -0.171.